The molecule has 1 aromatic heterocycles. The molecule has 0 unspecified atom stereocenters. The number of hydrogen-bond acceptors (Lipinski definition) is 6. The van der Waals surface area contributed by atoms with Gasteiger partial charge in [0.2, 0.25) is 0 Å². The smallest absolute Gasteiger partial charge is 0.326 e. The molecule has 0 aliphatic rings. The van der Waals surface area contributed by atoms with Crippen LogP contribution in [0.4, 0.5) is 4.79 Å². The molecule has 3 amide bonds. The number of pyridine rings is 1. The van der Waals surface area contributed by atoms with E-state index in [-0.39, 0.29) is 30.4 Å². The molecule has 0 aromatic carbocycles. The zero-order valence-corrected chi connectivity index (χ0v) is 17.1. The fraction of sp³-hybridized carbons (Fsp3) is 0.444. The summed E-state index contributed by atoms with van der Waals surface area (Å²) in [5, 5.41) is 34.0. The van der Waals surface area contributed by atoms with Gasteiger partial charge in [-0.2, -0.15) is 0 Å². The van der Waals surface area contributed by atoms with Crippen molar-refractivity contribution in [1.29, 1.82) is 0 Å². The first-order valence-electron chi connectivity index (χ1n) is 9.24. The average Bonchev–Trinajstić information content (AvgIpc) is 2.69. The Balaban J connectivity index is 2.41. The normalized spacial score (nSPS) is 12.3. The van der Waals surface area contributed by atoms with Gasteiger partial charge in [-0.3, -0.25) is 9.59 Å². The summed E-state index contributed by atoms with van der Waals surface area (Å²) in [5.74, 6) is -4.34. The van der Waals surface area contributed by atoms with Crippen molar-refractivity contribution in [3.8, 4) is 0 Å². The van der Waals surface area contributed by atoms with E-state index in [0.717, 1.165) is 0 Å². The third-order valence-electron chi connectivity index (χ3n) is 4.05. The first-order valence-corrected chi connectivity index (χ1v) is 9.62. The van der Waals surface area contributed by atoms with Gasteiger partial charge in [0.15, 0.2) is 0 Å². The van der Waals surface area contributed by atoms with Gasteiger partial charge in [-0.25, -0.2) is 19.4 Å². The van der Waals surface area contributed by atoms with Crippen LogP contribution in [0.25, 0.3) is 0 Å². The van der Waals surface area contributed by atoms with Gasteiger partial charge >= 0.3 is 23.9 Å². The number of aliphatic carboxylic acids is 3. The number of rotatable bonds is 13. The lowest BCUT2D eigenvalue weighted by molar-refractivity contribution is -0.140. The molecule has 0 radical (unpaired) electrons. The molecule has 0 spiro atoms. The quantitative estimate of drug-likeness (QED) is 0.182. The van der Waals surface area contributed by atoms with Crippen LogP contribution >= 0.6 is 11.6 Å². The molecular weight excluding hydrogens is 436 g/mol. The van der Waals surface area contributed by atoms with E-state index >= 15 is 0 Å². The highest BCUT2D eigenvalue weighted by molar-refractivity contribution is 6.29. The van der Waals surface area contributed by atoms with Crippen LogP contribution in [0.15, 0.2) is 18.3 Å². The molecule has 1 rings (SSSR count). The minimum absolute atomic E-state index is 0.0357. The van der Waals surface area contributed by atoms with Crippen molar-refractivity contribution in [3.63, 3.8) is 0 Å². The molecule has 0 aliphatic carbocycles. The summed E-state index contributed by atoms with van der Waals surface area (Å²) >= 11 is 5.65. The van der Waals surface area contributed by atoms with Crippen LogP contribution in [0, 0.1) is 0 Å². The predicted octanol–water partition coefficient (Wildman–Crippen LogP) is 0.706. The Morgan fingerprint density at radius 3 is 2.06 bits per heavy atom. The molecule has 170 valence electrons. The predicted molar refractivity (Wildman–Crippen MR) is 107 cm³/mol. The molecule has 6 N–H and O–H groups in total. The number of hydrogen-bond donors (Lipinski definition) is 6. The maximum atomic E-state index is 11.9. The molecular formula is C18H23ClN4O8. The highest BCUT2D eigenvalue weighted by Crippen LogP contribution is 2.06. The summed E-state index contributed by atoms with van der Waals surface area (Å²) in [5.41, 5.74) is 0.321. The van der Waals surface area contributed by atoms with Gasteiger partial charge in [-0.05, 0) is 37.8 Å². The van der Waals surface area contributed by atoms with Crippen LogP contribution in [0.2, 0.25) is 5.15 Å². The molecule has 0 saturated carbocycles. The number of carbonyl (C=O) groups excluding carboxylic acids is 2. The van der Waals surface area contributed by atoms with E-state index in [9.17, 15) is 29.1 Å². The second-order valence-corrected chi connectivity index (χ2v) is 6.84. The van der Waals surface area contributed by atoms with Crippen LogP contribution < -0.4 is 16.0 Å². The topological polar surface area (TPSA) is 195 Å². The summed E-state index contributed by atoms with van der Waals surface area (Å²) in [6.07, 6.45) is 1.31. The van der Waals surface area contributed by atoms with Gasteiger partial charge in [0.25, 0.3) is 5.91 Å². The molecule has 2 atom stereocenters. The van der Waals surface area contributed by atoms with Crippen molar-refractivity contribution >= 4 is 41.4 Å². The van der Waals surface area contributed by atoms with Crippen LogP contribution in [-0.2, 0) is 14.4 Å². The SMILES string of the molecule is O=C(O)CC[C@H](NC(=O)N[C@@H](CCCCNC(=O)c1ccc(Cl)nc1)C(=O)O)C(=O)O. The first kappa shape index (κ1) is 25.6. The van der Waals surface area contributed by atoms with E-state index in [2.05, 4.69) is 15.6 Å². The summed E-state index contributed by atoms with van der Waals surface area (Å²) < 4.78 is 0. The van der Waals surface area contributed by atoms with Crippen molar-refractivity contribution in [1.82, 2.24) is 20.9 Å². The fourth-order valence-electron chi connectivity index (χ4n) is 2.43. The minimum Gasteiger partial charge on any atom is -0.481 e. The van der Waals surface area contributed by atoms with E-state index in [1.807, 2.05) is 5.32 Å². The number of amides is 3. The van der Waals surface area contributed by atoms with Crippen LogP contribution in [0.1, 0.15) is 42.5 Å². The minimum atomic E-state index is -1.47. The Hall–Kier alpha value is -3.41. The second-order valence-electron chi connectivity index (χ2n) is 6.45. The number of nitrogens with one attached hydrogen (secondary N) is 3. The summed E-state index contributed by atoms with van der Waals surface area (Å²) in [6.45, 7) is 0.260. The number of nitrogens with zero attached hydrogens (tertiary/aromatic N) is 1. The Kier molecular flexibility index (Phi) is 10.8. The second kappa shape index (κ2) is 13.0. The Morgan fingerprint density at radius 2 is 1.55 bits per heavy atom. The lowest BCUT2D eigenvalue weighted by Gasteiger charge is -2.18. The largest absolute Gasteiger partial charge is 0.481 e. The molecule has 0 fully saturated rings. The summed E-state index contributed by atoms with van der Waals surface area (Å²) in [7, 11) is 0. The third kappa shape index (κ3) is 10.3. The fourth-order valence-corrected chi connectivity index (χ4v) is 2.54. The maximum Gasteiger partial charge on any atom is 0.326 e. The van der Waals surface area contributed by atoms with Crippen LogP contribution in [0.3, 0.4) is 0 Å². The van der Waals surface area contributed by atoms with Crippen molar-refractivity contribution in [2.75, 3.05) is 6.54 Å². The Bertz CT molecular complexity index is 802. The number of carboxylic acids is 3. The molecule has 0 bridgehead atoms. The van der Waals surface area contributed by atoms with E-state index in [4.69, 9.17) is 21.8 Å². The Labute approximate surface area is 182 Å². The van der Waals surface area contributed by atoms with E-state index in [1.165, 1.54) is 18.3 Å². The highest BCUT2D eigenvalue weighted by Gasteiger charge is 2.24. The van der Waals surface area contributed by atoms with Gasteiger partial charge < -0.3 is 31.3 Å². The number of urea groups is 1. The molecule has 0 aliphatic heterocycles. The number of carboxylic acid groups (broad SMARTS) is 3. The molecule has 1 heterocycles. The zero-order valence-electron chi connectivity index (χ0n) is 16.3. The molecule has 0 saturated heterocycles. The van der Waals surface area contributed by atoms with Gasteiger partial charge in [-0.1, -0.05) is 11.6 Å². The summed E-state index contributed by atoms with van der Waals surface area (Å²) in [6, 6.07) is -0.808. The first-order chi connectivity index (χ1) is 14.6. The molecule has 12 nitrogen and oxygen atoms in total. The number of unbranched alkanes of at least 4 members (excludes halogenated alkanes) is 1. The van der Waals surface area contributed by atoms with Crippen molar-refractivity contribution < 1.29 is 39.3 Å². The van der Waals surface area contributed by atoms with Gasteiger partial charge in [-0.15, -0.1) is 0 Å². The lowest BCUT2D eigenvalue weighted by Crippen LogP contribution is -2.51. The number of carbonyl (C=O) groups is 5. The van der Waals surface area contributed by atoms with Gasteiger partial charge in [0.1, 0.15) is 17.2 Å². The standard InChI is InChI=1S/C18H23ClN4O8/c19-13-6-4-10(9-21-13)15(26)20-8-2-1-3-11(16(27)28)22-18(31)23-12(17(29)30)5-7-14(24)25/h4,6,9,11-12H,1-3,5,7-8H2,(H,20,26)(H,24,25)(H,27,28)(H,29,30)(H2,22,23,31)/t11-,12-/m0/s1. The van der Waals surface area contributed by atoms with E-state index < -0.39 is 42.4 Å². The van der Waals surface area contributed by atoms with Crippen molar-refractivity contribution in [3.05, 3.63) is 29.0 Å². The average molecular weight is 459 g/mol. The van der Waals surface area contributed by atoms with Crippen molar-refractivity contribution in [2.24, 2.45) is 0 Å². The molecule has 1 aromatic rings. The third-order valence-corrected chi connectivity index (χ3v) is 4.27. The lowest BCUT2D eigenvalue weighted by atomic mass is 10.1. The molecule has 31 heavy (non-hydrogen) atoms. The van der Waals surface area contributed by atoms with Gasteiger partial charge in [0.05, 0.1) is 5.56 Å². The van der Waals surface area contributed by atoms with E-state index in [1.54, 1.807) is 0 Å². The van der Waals surface area contributed by atoms with Gasteiger partial charge in [0, 0.05) is 19.2 Å². The monoisotopic (exact) mass is 458 g/mol. The maximum absolute atomic E-state index is 11.9. The molecule has 13 heteroatoms. The van der Waals surface area contributed by atoms with Crippen LogP contribution in [-0.4, -0.2) is 68.8 Å². The van der Waals surface area contributed by atoms with Crippen LogP contribution in [0.5, 0.6) is 0 Å². The number of aromatic nitrogens is 1. The highest BCUT2D eigenvalue weighted by atomic mass is 35.5. The number of halogens is 1. The Morgan fingerprint density at radius 1 is 0.935 bits per heavy atom. The van der Waals surface area contributed by atoms with E-state index in [0.29, 0.717) is 18.4 Å². The zero-order chi connectivity index (χ0) is 23.4. The summed E-state index contributed by atoms with van der Waals surface area (Å²) in [4.78, 5) is 60.6. The van der Waals surface area contributed by atoms with Crippen molar-refractivity contribution in [2.45, 2.75) is 44.2 Å².